The van der Waals surface area contributed by atoms with Crippen molar-refractivity contribution in [3.63, 3.8) is 0 Å². The molecule has 0 unspecified atom stereocenters. The summed E-state index contributed by atoms with van der Waals surface area (Å²) in [4.78, 5) is 11.3. The van der Waals surface area contributed by atoms with E-state index < -0.39 is 5.91 Å². The molecule has 106 valence electrons. The molecule has 0 bridgehead atoms. The van der Waals surface area contributed by atoms with Crippen LogP contribution in [0.25, 0.3) is 16.6 Å². The van der Waals surface area contributed by atoms with Gasteiger partial charge in [-0.15, -0.1) is 0 Å². The van der Waals surface area contributed by atoms with Gasteiger partial charge in [-0.2, -0.15) is 5.10 Å². The molecule has 2 heterocycles. The molecule has 3 aromatic rings. The number of fused-ring (bicyclic) bond motifs is 1. The van der Waals surface area contributed by atoms with Crippen LogP contribution in [0.2, 0.25) is 0 Å². The number of amides is 1. The molecule has 2 aromatic heterocycles. The Morgan fingerprint density at radius 3 is 2.57 bits per heavy atom. The van der Waals surface area contributed by atoms with Crippen molar-refractivity contribution in [2.75, 3.05) is 5.73 Å². The van der Waals surface area contributed by atoms with Gasteiger partial charge in [-0.25, -0.2) is 4.52 Å². The van der Waals surface area contributed by atoms with E-state index in [4.69, 9.17) is 16.6 Å². The van der Waals surface area contributed by atoms with Gasteiger partial charge in [0.25, 0.3) is 5.91 Å². The first-order valence-corrected chi connectivity index (χ1v) is 6.37. The molecule has 0 fully saturated rings. The third kappa shape index (κ3) is 2.21. The van der Waals surface area contributed by atoms with Crippen molar-refractivity contribution in [1.82, 2.24) is 9.61 Å². The zero-order valence-corrected chi connectivity index (χ0v) is 11.2. The summed E-state index contributed by atoms with van der Waals surface area (Å²) in [5, 5.41) is 13.2. The molecule has 21 heavy (non-hydrogen) atoms. The first-order chi connectivity index (χ1) is 10.1. The number of rotatable bonds is 3. The Balaban J connectivity index is 2.12. The Labute approximate surface area is 120 Å². The minimum absolute atomic E-state index is 0.00843. The number of nitrogens with two attached hydrogens (primary N) is 2. The third-order valence-corrected chi connectivity index (χ3v) is 3.41. The largest absolute Gasteiger partial charge is 0.396 e. The highest BCUT2D eigenvalue weighted by Crippen LogP contribution is 2.26. The molecular formula is C15H14N4O2. The summed E-state index contributed by atoms with van der Waals surface area (Å²) in [6.07, 6.45) is 3.19. The fraction of sp³-hybridized carbons (Fsp3) is 0.0667. The molecule has 0 atom stereocenters. The Hall–Kier alpha value is -2.86. The van der Waals surface area contributed by atoms with E-state index in [-0.39, 0.29) is 12.2 Å². The number of nitrogen functional groups attached to an aromatic ring is 1. The van der Waals surface area contributed by atoms with Gasteiger partial charge in [0, 0.05) is 11.8 Å². The van der Waals surface area contributed by atoms with Gasteiger partial charge in [0.2, 0.25) is 0 Å². The number of primary amides is 1. The van der Waals surface area contributed by atoms with Crippen LogP contribution in [0.5, 0.6) is 0 Å². The van der Waals surface area contributed by atoms with Crippen LogP contribution in [-0.2, 0) is 6.61 Å². The van der Waals surface area contributed by atoms with E-state index in [9.17, 15) is 4.79 Å². The van der Waals surface area contributed by atoms with Gasteiger partial charge in [-0.3, -0.25) is 4.79 Å². The summed E-state index contributed by atoms with van der Waals surface area (Å²) in [6.45, 7) is 0.00843. The van der Waals surface area contributed by atoms with Crippen molar-refractivity contribution >= 4 is 17.1 Å². The summed E-state index contributed by atoms with van der Waals surface area (Å²) in [5.74, 6) is -0.599. The van der Waals surface area contributed by atoms with Crippen molar-refractivity contribution < 1.29 is 9.90 Å². The van der Waals surface area contributed by atoms with Gasteiger partial charge >= 0.3 is 0 Å². The smallest absolute Gasteiger partial charge is 0.252 e. The topological polar surface area (TPSA) is 107 Å². The van der Waals surface area contributed by atoms with Crippen LogP contribution >= 0.6 is 0 Å². The lowest BCUT2D eigenvalue weighted by Gasteiger charge is -2.02. The predicted octanol–water partition coefficient (Wildman–Crippen LogP) is 1.17. The van der Waals surface area contributed by atoms with Gasteiger partial charge in [-0.1, -0.05) is 24.3 Å². The van der Waals surface area contributed by atoms with Gasteiger partial charge < -0.3 is 16.6 Å². The van der Waals surface area contributed by atoms with Crippen molar-refractivity contribution in [3.05, 3.63) is 53.9 Å². The first kappa shape index (κ1) is 13.1. The van der Waals surface area contributed by atoms with E-state index in [0.29, 0.717) is 11.2 Å². The number of carbonyl (C=O) groups excluding carboxylic acids is 1. The summed E-state index contributed by atoms with van der Waals surface area (Å²) < 4.78 is 1.61. The van der Waals surface area contributed by atoms with Crippen LogP contribution in [0, 0.1) is 0 Å². The number of benzene rings is 1. The molecule has 5 N–H and O–H groups in total. The lowest BCUT2D eigenvalue weighted by atomic mass is 10.1. The maximum Gasteiger partial charge on any atom is 0.252 e. The molecule has 0 aliphatic rings. The maximum atomic E-state index is 11.3. The Bertz CT molecular complexity index is 822. The Kier molecular flexibility index (Phi) is 3.08. The summed E-state index contributed by atoms with van der Waals surface area (Å²) >= 11 is 0. The third-order valence-electron chi connectivity index (χ3n) is 3.41. The van der Waals surface area contributed by atoms with E-state index in [1.54, 1.807) is 4.52 Å². The van der Waals surface area contributed by atoms with Crippen molar-refractivity contribution in [2.45, 2.75) is 6.61 Å². The molecule has 0 aliphatic carbocycles. The molecule has 0 saturated heterocycles. The van der Waals surface area contributed by atoms with Crippen LogP contribution < -0.4 is 11.5 Å². The number of carbonyl (C=O) groups is 1. The second-order valence-electron chi connectivity index (χ2n) is 4.75. The number of aromatic nitrogens is 2. The fourth-order valence-electron chi connectivity index (χ4n) is 2.23. The lowest BCUT2D eigenvalue weighted by molar-refractivity contribution is 0.100. The van der Waals surface area contributed by atoms with Crippen LogP contribution in [-0.4, -0.2) is 20.6 Å². The molecule has 6 heteroatoms. The van der Waals surface area contributed by atoms with Gasteiger partial charge in [0.05, 0.1) is 29.6 Å². The van der Waals surface area contributed by atoms with Crippen molar-refractivity contribution in [1.29, 1.82) is 0 Å². The minimum Gasteiger partial charge on any atom is -0.396 e. The molecule has 6 nitrogen and oxygen atoms in total. The van der Waals surface area contributed by atoms with Crippen molar-refractivity contribution in [3.8, 4) is 11.1 Å². The minimum atomic E-state index is -0.599. The molecular weight excluding hydrogens is 268 g/mol. The van der Waals surface area contributed by atoms with Crippen LogP contribution in [0.3, 0.4) is 0 Å². The normalized spacial score (nSPS) is 10.9. The van der Waals surface area contributed by atoms with Gasteiger partial charge in [-0.05, 0) is 17.2 Å². The molecule has 0 radical (unpaired) electrons. The van der Waals surface area contributed by atoms with E-state index in [1.807, 2.05) is 36.5 Å². The van der Waals surface area contributed by atoms with Crippen LogP contribution in [0.1, 0.15) is 15.9 Å². The summed E-state index contributed by atoms with van der Waals surface area (Å²) in [5.41, 5.74) is 15.1. The quantitative estimate of drug-likeness (QED) is 0.670. The molecule has 3 rings (SSSR count). The SMILES string of the molecule is NC(=O)c1cnn2cc(-c3ccc(CO)cc3)cc2c1N. The predicted molar refractivity (Wildman–Crippen MR) is 79.5 cm³/mol. The number of aliphatic hydroxyl groups excluding tert-OH is 1. The summed E-state index contributed by atoms with van der Waals surface area (Å²) in [6, 6.07) is 9.37. The van der Waals surface area contributed by atoms with E-state index in [2.05, 4.69) is 5.10 Å². The van der Waals surface area contributed by atoms with E-state index in [1.165, 1.54) is 6.20 Å². The second kappa shape index (κ2) is 4.92. The summed E-state index contributed by atoms with van der Waals surface area (Å²) in [7, 11) is 0. The highest BCUT2D eigenvalue weighted by Gasteiger charge is 2.12. The van der Waals surface area contributed by atoms with Crippen LogP contribution in [0.4, 0.5) is 5.69 Å². The van der Waals surface area contributed by atoms with Gasteiger partial charge in [0.1, 0.15) is 0 Å². The number of aliphatic hydroxyl groups is 1. The van der Waals surface area contributed by atoms with Crippen molar-refractivity contribution in [2.24, 2.45) is 5.73 Å². The average Bonchev–Trinajstić information content (AvgIpc) is 2.92. The molecule has 0 spiro atoms. The number of nitrogens with zero attached hydrogens (tertiary/aromatic N) is 2. The average molecular weight is 282 g/mol. The molecule has 1 amide bonds. The standard InChI is InChI=1S/C15H14N4O2/c16-14-12(15(17)21)6-18-19-7-11(5-13(14)19)10-3-1-9(8-20)2-4-10/h1-7,20H,8,16H2,(H2,17,21). The van der Waals surface area contributed by atoms with Gasteiger partial charge in [0.15, 0.2) is 0 Å². The lowest BCUT2D eigenvalue weighted by Crippen LogP contribution is -2.15. The number of hydrogen-bond donors (Lipinski definition) is 3. The monoisotopic (exact) mass is 282 g/mol. The highest BCUT2D eigenvalue weighted by molar-refractivity contribution is 6.01. The highest BCUT2D eigenvalue weighted by atomic mass is 16.3. The Morgan fingerprint density at radius 1 is 1.24 bits per heavy atom. The second-order valence-corrected chi connectivity index (χ2v) is 4.75. The van der Waals surface area contributed by atoms with E-state index >= 15 is 0 Å². The van der Waals surface area contributed by atoms with Crippen LogP contribution in [0.15, 0.2) is 42.7 Å². The molecule has 0 aliphatic heterocycles. The number of hydrogen-bond acceptors (Lipinski definition) is 4. The zero-order valence-electron chi connectivity index (χ0n) is 11.2. The Morgan fingerprint density at radius 2 is 1.95 bits per heavy atom. The number of anilines is 1. The first-order valence-electron chi connectivity index (χ1n) is 6.37. The van der Waals surface area contributed by atoms with E-state index in [0.717, 1.165) is 16.7 Å². The molecule has 1 aromatic carbocycles. The maximum absolute atomic E-state index is 11.3. The molecule has 0 saturated carbocycles. The fourth-order valence-corrected chi connectivity index (χ4v) is 2.23. The zero-order chi connectivity index (χ0) is 15.0.